The molecule has 0 saturated carbocycles. The van der Waals surface area contributed by atoms with Crippen molar-refractivity contribution >= 4 is 22.9 Å². The van der Waals surface area contributed by atoms with E-state index in [0.29, 0.717) is 6.42 Å². The number of fused-ring (bicyclic) bond motifs is 1. The van der Waals surface area contributed by atoms with E-state index >= 15 is 0 Å². The molecule has 0 saturated heterocycles. The highest BCUT2D eigenvalue weighted by atomic mass is 16.5. The van der Waals surface area contributed by atoms with Crippen LogP contribution >= 0.6 is 0 Å². The Hall–Kier alpha value is -3.14. The van der Waals surface area contributed by atoms with Gasteiger partial charge < -0.3 is 4.74 Å². The van der Waals surface area contributed by atoms with Crippen LogP contribution < -0.4 is 10.2 Å². The third-order valence-electron chi connectivity index (χ3n) is 4.02. The van der Waals surface area contributed by atoms with Gasteiger partial charge >= 0.3 is 0 Å². The maximum absolute atomic E-state index is 12.0. The van der Waals surface area contributed by atoms with E-state index in [1.165, 1.54) is 5.56 Å². The van der Waals surface area contributed by atoms with Gasteiger partial charge in [-0.15, -0.1) is 0 Å². The van der Waals surface area contributed by atoms with Gasteiger partial charge in [-0.3, -0.25) is 4.79 Å². The number of hydrogen-bond donors (Lipinski definition) is 1. The van der Waals surface area contributed by atoms with Crippen LogP contribution in [0.15, 0.2) is 65.8 Å². The summed E-state index contributed by atoms with van der Waals surface area (Å²) < 4.78 is 5.41. The van der Waals surface area contributed by atoms with Crippen LogP contribution in [0.4, 0.5) is 0 Å². The molecule has 0 radical (unpaired) electrons. The van der Waals surface area contributed by atoms with Gasteiger partial charge in [0.25, 0.3) is 0 Å². The molecule has 25 heavy (non-hydrogen) atoms. The molecule has 0 fully saturated rings. The third-order valence-corrected chi connectivity index (χ3v) is 4.02. The summed E-state index contributed by atoms with van der Waals surface area (Å²) >= 11 is 0. The summed E-state index contributed by atoms with van der Waals surface area (Å²) in [6, 6.07) is 19.8. The molecule has 0 bridgehead atoms. The summed E-state index contributed by atoms with van der Waals surface area (Å²) in [7, 11) is 1.62. The molecule has 0 aliphatic rings. The highest BCUT2D eigenvalue weighted by Crippen LogP contribution is 2.26. The molecule has 0 atom stereocenters. The van der Waals surface area contributed by atoms with Crippen molar-refractivity contribution in [3.63, 3.8) is 0 Å². The van der Waals surface area contributed by atoms with Crippen LogP contribution in [0, 0.1) is 6.92 Å². The van der Waals surface area contributed by atoms with Crippen LogP contribution in [0.3, 0.4) is 0 Å². The number of benzene rings is 3. The molecule has 0 aliphatic carbocycles. The highest BCUT2D eigenvalue weighted by Gasteiger charge is 2.06. The lowest BCUT2D eigenvalue weighted by molar-refractivity contribution is -0.120. The molecule has 1 N–H and O–H groups in total. The van der Waals surface area contributed by atoms with Crippen molar-refractivity contribution in [2.45, 2.75) is 13.3 Å². The van der Waals surface area contributed by atoms with E-state index in [2.05, 4.69) is 10.5 Å². The first kappa shape index (κ1) is 16.7. The SMILES string of the molecule is COc1ccc2ccccc2c1/C=N/NC(=O)Cc1ccc(C)cc1. The van der Waals surface area contributed by atoms with Crippen molar-refractivity contribution in [1.29, 1.82) is 0 Å². The lowest BCUT2D eigenvalue weighted by Gasteiger charge is -2.08. The van der Waals surface area contributed by atoms with Gasteiger partial charge in [-0.25, -0.2) is 5.43 Å². The van der Waals surface area contributed by atoms with Crippen LogP contribution in [-0.2, 0) is 11.2 Å². The molecule has 3 rings (SSSR count). The van der Waals surface area contributed by atoms with E-state index in [9.17, 15) is 4.79 Å². The summed E-state index contributed by atoms with van der Waals surface area (Å²) in [6.45, 7) is 2.02. The molecule has 4 heteroatoms. The highest BCUT2D eigenvalue weighted by molar-refractivity contribution is 6.02. The van der Waals surface area contributed by atoms with Crippen molar-refractivity contribution in [1.82, 2.24) is 5.43 Å². The fourth-order valence-electron chi connectivity index (χ4n) is 2.69. The molecule has 1 amide bonds. The van der Waals surface area contributed by atoms with Crippen LogP contribution in [0.5, 0.6) is 5.75 Å². The first-order valence-electron chi connectivity index (χ1n) is 8.10. The number of carbonyl (C=O) groups is 1. The van der Waals surface area contributed by atoms with Gasteiger partial charge in [0.1, 0.15) is 5.75 Å². The first-order valence-corrected chi connectivity index (χ1v) is 8.10. The topological polar surface area (TPSA) is 50.7 Å². The number of nitrogens with one attached hydrogen (secondary N) is 1. The summed E-state index contributed by atoms with van der Waals surface area (Å²) in [5.74, 6) is 0.564. The Morgan fingerprint density at radius 2 is 1.84 bits per heavy atom. The zero-order chi connectivity index (χ0) is 17.6. The molecule has 0 heterocycles. The number of ether oxygens (including phenoxy) is 1. The summed E-state index contributed by atoms with van der Waals surface area (Å²) in [5.41, 5.74) is 5.56. The molecule has 0 aromatic heterocycles. The Morgan fingerprint density at radius 1 is 1.08 bits per heavy atom. The predicted molar refractivity (Wildman–Crippen MR) is 101 cm³/mol. The van der Waals surface area contributed by atoms with E-state index in [1.807, 2.05) is 67.6 Å². The Bertz CT molecular complexity index is 915. The monoisotopic (exact) mass is 332 g/mol. The second kappa shape index (κ2) is 7.62. The molecule has 126 valence electrons. The molecule has 0 unspecified atom stereocenters. The summed E-state index contributed by atoms with van der Waals surface area (Å²) in [5, 5.41) is 6.23. The molecule has 3 aromatic carbocycles. The Balaban J connectivity index is 1.74. The van der Waals surface area contributed by atoms with E-state index in [4.69, 9.17) is 4.74 Å². The average molecular weight is 332 g/mol. The lowest BCUT2D eigenvalue weighted by atomic mass is 10.0. The maximum atomic E-state index is 12.0. The number of nitrogens with zero attached hydrogens (tertiary/aromatic N) is 1. The van der Waals surface area contributed by atoms with E-state index in [-0.39, 0.29) is 5.91 Å². The Kier molecular flexibility index (Phi) is 5.09. The fraction of sp³-hybridized carbons (Fsp3) is 0.143. The van der Waals surface area contributed by atoms with Gasteiger partial charge in [-0.05, 0) is 29.3 Å². The largest absolute Gasteiger partial charge is 0.496 e. The predicted octanol–water partition coefficient (Wildman–Crippen LogP) is 3.85. The van der Waals surface area contributed by atoms with E-state index in [0.717, 1.165) is 27.6 Å². The molecule has 3 aromatic rings. The standard InChI is InChI=1S/C21H20N2O2/c1-15-7-9-16(10-8-15)13-21(24)23-22-14-19-18-6-4-3-5-17(18)11-12-20(19)25-2/h3-12,14H,13H2,1-2H3,(H,23,24)/b22-14+. The van der Waals surface area contributed by atoms with Crippen LogP contribution in [0.25, 0.3) is 10.8 Å². The van der Waals surface area contributed by atoms with E-state index in [1.54, 1.807) is 13.3 Å². The minimum absolute atomic E-state index is 0.153. The zero-order valence-corrected chi connectivity index (χ0v) is 14.3. The van der Waals surface area contributed by atoms with Crippen LogP contribution in [0.1, 0.15) is 16.7 Å². The fourth-order valence-corrected chi connectivity index (χ4v) is 2.69. The molecular weight excluding hydrogens is 312 g/mol. The smallest absolute Gasteiger partial charge is 0.244 e. The second-order valence-electron chi connectivity index (χ2n) is 5.86. The number of methoxy groups -OCH3 is 1. The van der Waals surface area contributed by atoms with Crippen LogP contribution in [-0.4, -0.2) is 19.2 Å². The Morgan fingerprint density at radius 3 is 2.60 bits per heavy atom. The van der Waals surface area contributed by atoms with E-state index < -0.39 is 0 Å². The summed E-state index contributed by atoms with van der Waals surface area (Å²) in [4.78, 5) is 12.0. The number of carbonyl (C=O) groups excluding carboxylic acids is 1. The van der Waals surface area contributed by atoms with Crippen LogP contribution in [0.2, 0.25) is 0 Å². The van der Waals surface area contributed by atoms with Crippen molar-refractivity contribution in [2.75, 3.05) is 7.11 Å². The van der Waals surface area contributed by atoms with Gasteiger partial charge in [0.15, 0.2) is 0 Å². The Labute approximate surface area is 147 Å². The second-order valence-corrected chi connectivity index (χ2v) is 5.86. The lowest BCUT2D eigenvalue weighted by Crippen LogP contribution is -2.19. The average Bonchev–Trinajstić information content (AvgIpc) is 2.63. The van der Waals surface area contributed by atoms with Crippen molar-refractivity contribution in [2.24, 2.45) is 5.10 Å². The van der Waals surface area contributed by atoms with Gasteiger partial charge in [0.05, 0.1) is 19.7 Å². The number of hydrogen-bond acceptors (Lipinski definition) is 3. The first-order chi connectivity index (χ1) is 12.2. The van der Waals surface area contributed by atoms with Gasteiger partial charge in [0.2, 0.25) is 5.91 Å². The number of amides is 1. The minimum Gasteiger partial charge on any atom is -0.496 e. The molecule has 4 nitrogen and oxygen atoms in total. The number of hydrazone groups is 1. The maximum Gasteiger partial charge on any atom is 0.244 e. The molecule has 0 spiro atoms. The number of aryl methyl sites for hydroxylation is 1. The normalized spacial score (nSPS) is 11.0. The van der Waals surface area contributed by atoms with Gasteiger partial charge in [0, 0.05) is 5.56 Å². The zero-order valence-electron chi connectivity index (χ0n) is 14.3. The number of rotatable bonds is 5. The van der Waals surface area contributed by atoms with Gasteiger partial charge in [-0.1, -0.05) is 60.2 Å². The summed E-state index contributed by atoms with van der Waals surface area (Å²) in [6.07, 6.45) is 1.93. The van der Waals surface area contributed by atoms with Crippen molar-refractivity contribution in [3.8, 4) is 5.75 Å². The molecule has 0 aliphatic heterocycles. The quantitative estimate of drug-likeness (QED) is 0.570. The van der Waals surface area contributed by atoms with Gasteiger partial charge in [-0.2, -0.15) is 5.10 Å². The van der Waals surface area contributed by atoms with Crippen molar-refractivity contribution in [3.05, 3.63) is 77.4 Å². The third kappa shape index (κ3) is 4.04. The van der Waals surface area contributed by atoms with Crippen molar-refractivity contribution < 1.29 is 9.53 Å². The molecular formula is C21H20N2O2. The minimum atomic E-state index is -0.153.